The van der Waals surface area contributed by atoms with Crippen LogP contribution < -0.4 is 5.73 Å². The van der Waals surface area contributed by atoms with E-state index in [2.05, 4.69) is 0 Å². The van der Waals surface area contributed by atoms with Gasteiger partial charge in [0.25, 0.3) is 0 Å². The molecule has 1 rings (SSSR count). The molecule has 0 saturated carbocycles. The predicted octanol–water partition coefficient (Wildman–Crippen LogP) is 4.58. The van der Waals surface area contributed by atoms with Crippen LogP contribution in [0.25, 0.3) is 0 Å². The maximum Gasteiger partial charge on any atom is 0.245 e. The number of halogens is 2. The van der Waals surface area contributed by atoms with E-state index < -0.39 is 5.92 Å². The SMILES string of the molecule is CC(F)(F)CCCCCSc1ccc(N)cc1. The summed E-state index contributed by atoms with van der Waals surface area (Å²) in [4.78, 5) is 1.18. The molecular formula is C13H19F2NS. The minimum atomic E-state index is -2.51. The minimum absolute atomic E-state index is 0.000459. The fourth-order valence-corrected chi connectivity index (χ4v) is 2.38. The Balaban J connectivity index is 2.07. The van der Waals surface area contributed by atoms with Gasteiger partial charge in [-0.15, -0.1) is 11.8 Å². The predicted molar refractivity (Wildman–Crippen MR) is 70.7 cm³/mol. The van der Waals surface area contributed by atoms with Gasteiger partial charge in [0.05, 0.1) is 0 Å². The van der Waals surface area contributed by atoms with Crippen LogP contribution in [0.4, 0.5) is 14.5 Å². The highest BCUT2D eigenvalue weighted by Gasteiger charge is 2.19. The first-order valence-electron chi connectivity index (χ1n) is 5.83. The molecule has 0 heterocycles. The van der Waals surface area contributed by atoms with Crippen molar-refractivity contribution < 1.29 is 8.78 Å². The first-order chi connectivity index (χ1) is 7.97. The number of hydrogen-bond acceptors (Lipinski definition) is 2. The maximum absolute atomic E-state index is 12.5. The van der Waals surface area contributed by atoms with Crippen LogP contribution in [-0.2, 0) is 0 Å². The molecule has 96 valence electrons. The molecule has 1 aromatic carbocycles. The number of nitrogen functional groups attached to an aromatic ring is 1. The first kappa shape index (κ1) is 14.3. The van der Waals surface area contributed by atoms with E-state index in [1.165, 1.54) is 4.90 Å². The fraction of sp³-hybridized carbons (Fsp3) is 0.538. The molecule has 0 bridgehead atoms. The van der Waals surface area contributed by atoms with Gasteiger partial charge in [-0.2, -0.15) is 0 Å². The van der Waals surface area contributed by atoms with E-state index in [4.69, 9.17) is 5.73 Å². The molecule has 17 heavy (non-hydrogen) atoms. The number of hydrogen-bond donors (Lipinski definition) is 1. The molecule has 2 N–H and O–H groups in total. The summed E-state index contributed by atoms with van der Waals surface area (Å²) >= 11 is 1.74. The highest BCUT2D eigenvalue weighted by atomic mass is 32.2. The van der Waals surface area contributed by atoms with Crippen LogP contribution in [0.2, 0.25) is 0 Å². The van der Waals surface area contributed by atoms with Gasteiger partial charge in [-0.05, 0) is 49.8 Å². The molecule has 0 saturated heterocycles. The van der Waals surface area contributed by atoms with E-state index in [0.717, 1.165) is 31.2 Å². The summed E-state index contributed by atoms with van der Waals surface area (Å²) in [6, 6.07) is 7.72. The Hall–Kier alpha value is -0.770. The molecule has 1 aromatic rings. The zero-order valence-corrected chi connectivity index (χ0v) is 10.9. The van der Waals surface area contributed by atoms with E-state index >= 15 is 0 Å². The molecule has 0 aliphatic carbocycles. The van der Waals surface area contributed by atoms with Gasteiger partial charge in [0, 0.05) is 17.0 Å². The summed E-state index contributed by atoms with van der Waals surface area (Å²) in [5, 5.41) is 0. The normalized spacial score (nSPS) is 11.7. The number of anilines is 1. The van der Waals surface area contributed by atoms with Gasteiger partial charge in [-0.1, -0.05) is 6.42 Å². The highest BCUT2D eigenvalue weighted by Crippen LogP contribution is 2.23. The van der Waals surface area contributed by atoms with Crippen LogP contribution in [0.15, 0.2) is 29.2 Å². The smallest absolute Gasteiger partial charge is 0.245 e. The van der Waals surface area contributed by atoms with Crippen molar-refractivity contribution in [2.24, 2.45) is 0 Å². The zero-order valence-electron chi connectivity index (χ0n) is 10.1. The summed E-state index contributed by atoms with van der Waals surface area (Å²) < 4.78 is 25.0. The molecule has 0 aromatic heterocycles. The van der Waals surface area contributed by atoms with Crippen molar-refractivity contribution >= 4 is 17.4 Å². The summed E-state index contributed by atoms with van der Waals surface area (Å²) in [7, 11) is 0. The highest BCUT2D eigenvalue weighted by molar-refractivity contribution is 7.99. The molecule has 1 nitrogen and oxygen atoms in total. The van der Waals surface area contributed by atoms with Crippen molar-refractivity contribution in [3.05, 3.63) is 24.3 Å². The number of unbranched alkanes of at least 4 members (excludes halogenated alkanes) is 2. The van der Waals surface area contributed by atoms with Gasteiger partial charge >= 0.3 is 0 Å². The molecular weight excluding hydrogens is 240 g/mol. The Kier molecular flexibility index (Phi) is 5.75. The quantitative estimate of drug-likeness (QED) is 0.441. The van der Waals surface area contributed by atoms with Crippen LogP contribution in [0, 0.1) is 0 Å². The van der Waals surface area contributed by atoms with Gasteiger partial charge in [0.15, 0.2) is 0 Å². The largest absolute Gasteiger partial charge is 0.399 e. The van der Waals surface area contributed by atoms with Crippen molar-refractivity contribution in [2.75, 3.05) is 11.5 Å². The van der Waals surface area contributed by atoms with Crippen LogP contribution in [-0.4, -0.2) is 11.7 Å². The van der Waals surface area contributed by atoms with Crippen LogP contribution in [0.1, 0.15) is 32.6 Å². The standard InChI is InChI=1S/C13H19F2NS/c1-13(14,15)9-3-2-4-10-17-12-7-5-11(16)6-8-12/h5-8H,2-4,9-10,16H2,1H3. The molecule has 0 amide bonds. The second kappa shape index (κ2) is 6.84. The third-order valence-corrected chi connectivity index (χ3v) is 3.51. The molecule has 0 aliphatic rings. The van der Waals surface area contributed by atoms with Gasteiger partial charge in [0.1, 0.15) is 0 Å². The van der Waals surface area contributed by atoms with E-state index in [1.807, 2.05) is 24.3 Å². The topological polar surface area (TPSA) is 26.0 Å². The van der Waals surface area contributed by atoms with Crippen molar-refractivity contribution in [2.45, 2.75) is 43.4 Å². The molecule has 4 heteroatoms. The number of benzene rings is 1. The molecule has 0 radical (unpaired) electrons. The summed E-state index contributed by atoms with van der Waals surface area (Å²) in [5.74, 6) is -1.54. The average molecular weight is 259 g/mol. The Labute approximate surface area is 106 Å². The average Bonchev–Trinajstić information content (AvgIpc) is 2.24. The fourth-order valence-electron chi connectivity index (χ4n) is 1.47. The molecule has 0 spiro atoms. The Bertz CT molecular complexity index is 319. The van der Waals surface area contributed by atoms with Crippen molar-refractivity contribution in [1.82, 2.24) is 0 Å². The molecule has 0 fully saturated rings. The van der Waals surface area contributed by atoms with E-state index in [-0.39, 0.29) is 6.42 Å². The van der Waals surface area contributed by atoms with Crippen molar-refractivity contribution in [1.29, 1.82) is 0 Å². The van der Waals surface area contributed by atoms with Gasteiger partial charge in [0.2, 0.25) is 5.92 Å². The number of rotatable bonds is 7. The molecule has 0 aliphatic heterocycles. The zero-order chi connectivity index (χ0) is 12.7. The third-order valence-electron chi connectivity index (χ3n) is 2.41. The van der Waals surface area contributed by atoms with Crippen LogP contribution in [0.3, 0.4) is 0 Å². The van der Waals surface area contributed by atoms with Gasteiger partial charge in [-0.3, -0.25) is 0 Å². The van der Waals surface area contributed by atoms with Crippen molar-refractivity contribution in [3.63, 3.8) is 0 Å². The number of nitrogens with two attached hydrogens (primary N) is 1. The summed E-state index contributed by atoms with van der Waals surface area (Å²) in [6.07, 6.45) is 2.45. The van der Waals surface area contributed by atoms with Crippen LogP contribution >= 0.6 is 11.8 Å². The van der Waals surface area contributed by atoms with Crippen molar-refractivity contribution in [3.8, 4) is 0 Å². The first-order valence-corrected chi connectivity index (χ1v) is 6.82. The second-order valence-electron chi connectivity index (χ2n) is 4.30. The Morgan fingerprint density at radius 3 is 2.35 bits per heavy atom. The van der Waals surface area contributed by atoms with Crippen LogP contribution in [0.5, 0.6) is 0 Å². The lowest BCUT2D eigenvalue weighted by molar-refractivity contribution is 0.0105. The van der Waals surface area contributed by atoms with E-state index in [1.54, 1.807) is 11.8 Å². The van der Waals surface area contributed by atoms with E-state index in [9.17, 15) is 8.78 Å². The Morgan fingerprint density at radius 1 is 1.12 bits per heavy atom. The lowest BCUT2D eigenvalue weighted by Gasteiger charge is -2.09. The third kappa shape index (κ3) is 7.21. The molecule has 0 atom stereocenters. The molecule has 0 unspecified atom stereocenters. The maximum atomic E-state index is 12.5. The minimum Gasteiger partial charge on any atom is -0.399 e. The number of alkyl halides is 2. The summed E-state index contributed by atoms with van der Waals surface area (Å²) in [5.41, 5.74) is 6.34. The van der Waals surface area contributed by atoms with E-state index in [0.29, 0.717) is 6.42 Å². The Morgan fingerprint density at radius 2 is 1.76 bits per heavy atom. The number of thioether (sulfide) groups is 1. The monoisotopic (exact) mass is 259 g/mol. The van der Waals surface area contributed by atoms with Gasteiger partial charge < -0.3 is 5.73 Å². The second-order valence-corrected chi connectivity index (χ2v) is 5.47. The summed E-state index contributed by atoms with van der Waals surface area (Å²) in [6.45, 7) is 0.982. The lowest BCUT2D eigenvalue weighted by atomic mass is 10.1. The lowest BCUT2D eigenvalue weighted by Crippen LogP contribution is -2.08. The van der Waals surface area contributed by atoms with Gasteiger partial charge in [-0.25, -0.2) is 8.78 Å².